The van der Waals surface area contributed by atoms with Gasteiger partial charge in [0.05, 0.1) is 0 Å². The summed E-state index contributed by atoms with van der Waals surface area (Å²) in [5.74, 6) is 2.49. The zero-order chi connectivity index (χ0) is 7.56. The number of halogens is 1. The van der Waals surface area contributed by atoms with Crippen LogP contribution in [0.15, 0.2) is 16.7 Å². The lowest BCUT2D eigenvalue weighted by Crippen LogP contribution is -1.85. The Morgan fingerprint density at radius 2 is 2.40 bits per heavy atom. The lowest BCUT2D eigenvalue weighted by atomic mass is 10.2. The molecular weight excluding hydrogens is 190 g/mol. The molecule has 0 atom stereocenters. The summed E-state index contributed by atoms with van der Waals surface area (Å²) in [4.78, 5) is 4.01. The number of hydrogen-bond acceptors (Lipinski definition) is 1. The molecule has 1 rings (SSSR count). The van der Waals surface area contributed by atoms with E-state index in [0.29, 0.717) is 5.69 Å². The molecule has 0 aromatic carbocycles. The quantitative estimate of drug-likeness (QED) is 0.579. The summed E-state index contributed by atoms with van der Waals surface area (Å²) >= 11 is 3.29. The van der Waals surface area contributed by atoms with Crippen LogP contribution in [0.1, 0.15) is 11.3 Å². The van der Waals surface area contributed by atoms with Gasteiger partial charge in [0.1, 0.15) is 5.69 Å². The molecule has 0 bridgehead atoms. The van der Waals surface area contributed by atoms with Crippen molar-refractivity contribution in [3.05, 3.63) is 28.0 Å². The smallest absolute Gasteiger partial charge is 0.115 e. The molecule has 0 aliphatic rings. The zero-order valence-corrected chi connectivity index (χ0v) is 7.14. The van der Waals surface area contributed by atoms with Gasteiger partial charge in [-0.05, 0) is 40.4 Å². The lowest BCUT2D eigenvalue weighted by molar-refractivity contribution is 1.21. The molecule has 50 valence electrons. The second kappa shape index (κ2) is 2.85. The minimum Gasteiger partial charge on any atom is -0.246 e. The average Bonchev–Trinajstić information content (AvgIpc) is 1.88. The van der Waals surface area contributed by atoms with Gasteiger partial charge in [0.2, 0.25) is 0 Å². The Hall–Kier alpha value is -0.810. The van der Waals surface area contributed by atoms with Crippen molar-refractivity contribution in [2.75, 3.05) is 0 Å². The molecule has 1 heterocycles. The van der Waals surface area contributed by atoms with Gasteiger partial charge in [0.25, 0.3) is 0 Å². The van der Waals surface area contributed by atoms with Gasteiger partial charge in [-0.15, -0.1) is 6.42 Å². The van der Waals surface area contributed by atoms with Crippen LogP contribution in [0.5, 0.6) is 0 Å². The van der Waals surface area contributed by atoms with E-state index < -0.39 is 0 Å². The van der Waals surface area contributed by atoms with Gasteiger partial charge in [-0.1, -0.05) is 0 Å². The standard InChI is InChI=1S/C8H6BrN/c1-3-8-6(2)4-7(9)5-10-8/h1,4-5H,2H3. The SMILES string of the molecule is C#Cc1ncc(Br)cc1C. The fourth-order valence-corrected chi connectivity index (χ4v) is 1.14. The van der Waals surface area contributed by atoms with Crippen LogP contribution in [0.25, 0.3) is 0 Å². The van der Waals surface area contributed by atoms with Gasteiger partial charge < -0.3 is 0 Å². The summed E-state index contributed by atoms with van der Waals surface area (Å²) in [7, 11) is 0. The van der Waals surface area contributed by atoms with E-state index in [1.165, 1.54) is 0 Å². The first-order valence-electron chi connectivity index (χ1n) is 2.83. The molecule has 1 aromatic rings. The summed E-state index contributed by atoms with van der Waals surface area (Å²) in [6.45, 7) is 1.94. The minimum atomic E-state index is 0.711. The zero-order valence-electron chi connectivity index (χ0n) is 5.56. The summed E-state index contributed by atoms with van der Waals surface area (Å²) in [6, 6.07) is 1.95. The first-order valence-corrected chi connectivity index (χ1v) is 3.62. The fraction of sp³-hybridized carbons (Fsp3) is 0.125. The van der Waals surface area contributed by atoms with Crippen LogP contribution in [-0.4, -0.2) is 4.98 Å². The van der Waals surface area contributed by atoms with Crippen molar-refractivity contribution in [2.24, 2.45) is 0 Å². The number of rotatable bonds is 0. The normalized spacial score (nSPS) is 8.90. The van der Waals surface area contributed by atoms with E-state index in [2.05, 4.69) is 26.8 Å². The molecule has 10 heavy (non-hydrogen) atoms. The third kappa shape index (κ3) is 1.37. The molecule has 0 amide bonds. The van der Waals surface area contributed by atoms with E-state index in [9.17, 15) is 0 Å². The molecule has 2 heteroatoms. The highest BCUT2D eigenvalue weighted by Gasteiger charge is 1.94. The Morgan fingerprint density at radius 3 is 2.90 bits per heavy atom. The molecule has 1 nitrogen and oxygen atoms in total. The largest absolute Gasteiger partial charge is 0.246 e. The summed E-state index contributed by atoms with van der Waals surface area (Å²) in [5.41, 5.74) is 1.74. The summed E-state index contributed by atoms with van der Waals surface area (Å²) in [5, 5.41) is 0. The van der Waals surface area contributed by atoms with Crippen LogP contribution >= 0.6 is 15.9 Å². The van der Waals surface area contributed by atoms with E-state index in [0.717, 1.165) is 10.0 Å². The lowest BCUT2D eigenvalue weighted by Gasteiger charge is -1.95. The average molecular weight is 196 g/mol. The van der Waals surface area contributed by atoms with Crippen LogP contribution in [0.2, 0.25) is 0 Å². The van der Waals surface area contributed by atoms with Crippen molar-refractivity contribution >= 4 is 15.9 Å². The van der Waals surface area contributed by atoms with E-state index >= 15 is 0 Å². The van der Waals surface area contributed by atoms with Gasteiger partial charge in [0.15, 0.2) is 0 Å². The second-order valence-corrected chi connectivity index (χ2v) is 2.88. The maximum atomic E-state index is 5.17. The number of terminal acetylenes is 1. The number of hydrogen-bond donors (Lipinski definition) is 0. The van der Waals surface area contributed by atoms with Gasteiger partial charge in [-0.2, -0.15) is 0 Å². The van der Waals surface area contributed by atoms with Crippen molar-refractivity contribution in [1.29, 1.82) is 0 Å². The van der Waals surface area contributed by atoms with Crippen molar-refractivity contribution in [3.63, 3.8) is 0 Å². The monoisotopic (exact) mass is 195 g/mol. The molecular formula is C8H6BrN. The molecule has 0 fully saturated rings. The van der Waals surface area contributed by atoms with Gasteiger partial charge in [-0.3, -0.25) is 0 Å². The number of aryl methyl sites for hydroxylation is 1. The predicted octanol–water partition coefficient (Wildman–Crippen LogP) is 2.13. The van der Waals surface area contributed by atoms with Crippen LogP contribution in [0.4, 0.5) is 0 Å². The molecule has 0 N–H and O–H groups in total. The van der Waals surface area contributed by atoms with Gasteiger partial charge in [-0.25, -0.2) is 4.98 Å². The third-order valence-electron chi connectivity index (χ3n) is 1.18. The molecule has 0 unspecified atom stereocenters. The first kappa shape index (κ1) is 7.30. The van der Waals surface area contributed by atoms with Gasteiger partial charge in [0, 0.05) is 10.7 Å². The third-order valence-corrected chi connectivity index (χ3v) is 1.62. The minimum absolute atomic E-state index is 0.711. The molecule has 1 aromatic heterocycles. The Labute approximate surface area is 68.6 Å². The van der Waals surface area contributed by atoms with E-state index in [4.69, 9.17) is 6.42 Å². The Kier molecular flexibility index (Phi) is 2.08. The molecule has 0 saturated heterocycles. The van der Waals surface area contributed by atoms with Crippen molar-refractivity contribution in [3.8, 4) is 12.3 Å². The highest BCUT2D eigenvalue weighted by molar-refractivity contribution is 9.10. The maximum Gasteiger partial charge on any atom is 0.115 e. The maximum absolute atomic E-state index is 5.17. The van der Waals surface area contributed by atoms with Crippen molar-refractivity contribution < 1.29 is 0 Å². The van der Waals surface area contributed by atoms with Crippen molar-refractivity contribution in [2.45, 2.75) is 6.92 Å². The van der Waals surface area contributed by atoms with Crippen LogP contribution in [0, 0.1) is 19.3 Å². The molecule has 0 spiro atoms. The van der Waals surface area contributed by atoms with Crippen molar-refractivity contribution in [1.82, 2.24) is 4.98 Å². The predicted molar refractivity (Wildman–Crippen MR) is 44.6 cm³/mol. The van der Waals surface area contributed by atoms with E-state index in [1.54, 1.807) is 6.20 Å². The Balaban J connectivity index is 3.23. The molecule has 0 aliphatic carbocycles. The number of aromatic nitrogens is 1. The number of pyridine rings is 1. The Morgan fingerprint density at radius 1 is 1.70 bits per heavy atom. The van der Waals surface area contributed by atoms with Gasteiger partial charge >= 0.3 is 0 Å². The van der Waals surface area contributed by atoms with E-state index in [1.807, 2.05) is 13.0 Å². The van der Waals surface area contributed by atoms with Crippen LogP contribution in [-0.2, 0) is 0 Å². The van der Waals surface area contributed by atoms with Crippen LogP contribution in [0.3, 0.4) is 0 Å². The highest BCUT2D eigenvalue weighted by atomic mass is 79.9. The second-order valence-electron chi connectivity index (χ2n) is 1.96. The topological polar surface area (TPSA) is 12.9 Å². The Bertz CT molecular complexity index is 286. The summed E-state index contributed by atoms with van der Waals surface area (Å²) < 4.78 is 0.962. The molecule has 0 aliphatic heterocycles. The first-order chi connectivity index (χ1) is 4.74. The van der Waals surface area contributed by atoms with Crippen LogP contribution < -0.4 is 0 Å². The molecule has 0 saturated carbocycles. The number of nitrogens with zero attached hydrogens (tertiary/aromatic N) is 1. The fourth-order valence-electron chi connectivity index (χ4n) is 0.692. The van der Waals surface area contributed by atoms with E-state index in [-0.39, 0.29) is 0 Å². The highest BCUT2D eigenvalue weighted by Crippen LogP contribution is 2.11. The molecule has 0 radical (unpaired) electrons. The summed E-state index contributed by atoms with van der Waals surface area (Å²) in [6.07, 6.45) is 6.87.